The fraction of sp³-hybridized carbons (Fsp3) is 0.727. The summed E-state index contributed by atoms with van der Waals surface area (Å²) < 4.78 is 22.0. The number of carbonyl (C=O) groups excluding carboxylic acids is 1. The lowest BCUT2D eigenvalue weighted by atomic mass is 10.2. The van der Waals surface area contributed by atoms with Gasteiger partial charge in [-0.05, 0) is 12.5 Å². The number of ketones is 1. The summed E-state index contributed by atoms with van der Waals surface area (Å²) in [7, 11) is 3.59. The summed E-state index contributed by atoms with van der Waals surface area (Å²) in [5, 5.41) is 0. The van der Waals surface area contributed by atoms with Crippen LogP contribution in [0.15, 0.2) is 12.2 Å². The first-order chi connectivity index (χ1) is 7.72. The zero-order chi connectivity index (χ0) is 13.5. The highest BCUT2D eigenvalue weighted by molar-refractivity contribution is 7.33. The van der Waals surface area contributed by atoms with Gasteiger partial charge in [-0.25, -0.2) is 0 Å². The van der Waals surface area contributed by atoms with E-state index in [9.17, 15) is 9.36 Å². The van der Waals surface area contributed by atoms with Crippen LogP contribution in [0.5, 0.6) is 0 Å². The van der Waals surface area contributed by atoms with E-state index in [2.05, 4.69) is 6.58 Å². The van der Waals surface area contributed by atoms with Crippen molar-refractivity contribution in [2.45, 2.75) is 13.3 Å². The molecule has 1 atom stereocenters. The van der Waals surface area contributed by atoms with Crippen molar-refractivity contribution in [1.29, 1.82) is 0 Å². The van der Waals surface area contributed by atoms with Gasteiger partial charge in [0.2, 0.25) is 0 Å². The molecule has 0 aromatic rings. The van der Waals surface area contributed by atoms with Gasteiger partial charge in [0.1, 0.15) is 13.2 Å². The highest BCUT2D eigenvalue weighted by Gasteiger charge is 2.09. The molecule has 100 valence electrons. The van der Waals surface area contributed by atoms with E-state index in [1.807, 2.05) is 21.1 Å². The minimum absolute atomic E-state index is 0.0776. The fourth-order valence-corrected chi connectivity index (χ4v) is 1.49. The number of rotatable bonds is 9. The van der Waals surface area contributed by atoms with Gasteiger partial charge in [0.15, 0.2) is 5.78 Å². The lowest BCUT2D eigenvalue weighted by Crippen LogP contribution is -2.37. The summed E-state index contributed by atoms with van der Waals surface area (Å²) in [6.07, 6.45) is 0.199. The van der Waals surface area contributed by atoms with Crippen molar-refractivity contribution in [3.05, 3.63) is 12.2 Å². The molecule has 0 heterocycles. The van der Waals surface area contributed by atoms with Gasteiger partial charge in [0.05, 0.1) is 27.7 Å². The van der Waals surface area contributed by atoms with Crippen LogP contribution in [0.2, 0.25) is 0 Å². The number of carbonyl (C=O) groups is 1. The number of hydrogen-bond donors (Lipinski definition) is 0. The predicted octanol–water partition coefficient (Wildman–Crippen LogP) is 1.65. The maximum Gasteiger partial charge on any atom is 0.319 e. The largest absolute Gasteiger partial charge is 0.329 e. The predicted molar refractivity (Wildman–Crippen MR) is 68.2 cm³/mol. The Kier molecular flexibility index (Phi) is 7.55. The molecule has 0 rings (SSSR count). The normalized spacial score (nSPS) is 13.4. The van der Waals surface area contributed by atoms with Crippen LogP contribution in [-0.2, 0) is 18.4 Å². The van der Waals surface area contributed by atoms with Crippen LogP contribution in [0, 0.1) is 0 Å². The number of nitrogens with zero attached hydrogens (tertiary/aromatic N) is 1. The Bertz CT molecular complexity index is 296. The van der Waals surface area contributed by atoms with Crippen molar-refractivity contribution in [2.75, 3.05) is 40.9 Å². The topological polar surface area (TPSA) is 52.6 Å². The van der Waals surface area contributed by atoms with E-state index in [0.717, 1.165) is 11.0 Å². The number of hydrogen-bond acceptors (Lipinski definition) is 4. The fourth-order valence-electron chi connectivity index (χ4n) is 0.885. The van der Waals surface area contributed by atoms with E-state index >= 15 is 0 Å². The molecule has 0 bridgehead atoms. The molecule has 0 aliphatic rings. The molecule has 0 fully saturated rings. The van der Waals surface area contributed by atoms with Crippen molar-refractivity contribution < 1.29 is 22.9 Å². The minimum atomic E-state index is -2.47. The average Bonchev–Trinajstić information content (AvgIpc) is 2.15. The van der Waals surface area contributed by atoms with Crippen LogP contribution in [0.25, 0.3) is 0 Å². The number of quaternary nitrogens is 1. The molecule has 6 heteroatoms. The molecule has 0 N–H and O–H groups in total. The maximum atomic E-state index is 11.3. The van der Waals surface area contributed by atoms with Crippen LogP contribution in [0.4, 0.5) is 0 Å². The summed E-state index contributed by atoms with van der Waals surface area (Å²) in [6, 6.07) is 0. The van der Waals surface area contributed by atoms with Crippen molar-refractivity contribution in [3.63, 3.8) is 0 Å². The Morgan fingerprint density at radius 3 is 2.24 bits per heavy atom. The molecule has 1 unspecified atom stereocenters. The zero-order valence-electron chi connectivity index (χ0n) is 11.1. The van der Waals surface area contributed by atoms with Gasteiger partial charge in [-0.3, -0.25) is 9.36 Å². The van der Waals surface area contributed by atoms with Crippen molar-refractivity contribution in [3.8, 4) is 0 Å². The third-order valence-corrected chi connectivity index (χ3v) is 2.89. The molecule has 0 aliphatic carbocycles. The highest BCUT2D eigenvalue weighted by atomic mass is 31.1. The Morgan fingerprint density at radius 2 is 1.76 bits per heavy atom. The van der Waals surface area contributed by atoms with E-state index in [4.69, 9.17) is 9.05 Å². The SMILES string of the molecule is C=C(C)C(=O)CCO[PH](=O)OCC[N+](C)(C)C. The van der Waals surface area contributed by atoms with Gasteiger partial charge in [-0.1, -0.05) is 6.58 Å². The second-order valence-electron chi connectivity index (χ2n) is 4.91. The standard InChI is InChI=1S/C11H23NO4P/c1-10(2)11(13)6-8-15-17(14)16-9-7-12(3,4)5/h17H,1,6-9H2,2-5H3/q+1. The highest BCUT2D eigenvalue weighted by Crippen LogP contribution is 2.23. The van der Waals surface area contributed by atoms with Crippen LogP contribution in [0.3, 0.4) is 0 Å². The minimum Gasteiger partial charge on any atom is -0.329 e. The first-order valence-corrected chi connectivity index (χ1v) is 6.73. The summed E-state index contributed by atoms with van der Waals surface area (Å²) in [5.41, 5.74) is 0.485. The molecule has 0 saturated carbocycles. The zero-order valence-corrected chi connectivity index (χ0v) is 12.1. The van der Waals surface area contributed by atoms with E-state index < -0.39 is 8.25 Å². The van der Waals surface area contributed by atoms with Crippen LogP contribution >= 0.6 is 8.25 Å². The smallest absolute Gasteiger partial charge is 0.319 e. The van der Waals surface area contributed by atoms with E-state index in [0.29, 0.717) is 12.2 Å². The summed E-state index contributed by atoms with van der Waals surface area (Å²) >= 11 is 0. The van der Waals surface area contributed by atoms with Crippen LogP contribution in [0.1, 0.15) is 13.3 Å². The Morgan fingerprint density at radius 1 is 1.24 bits per heavy atom. The van der Waals surface area contributed by atoms with E-state index in [1.54, 1.807) is 6.92 Å². The monoisotopic (exact) mass is 264 g/mol. The lowest BCUT2D eigenvalue weighted by Gasteiger charge is -2.23. The van der Waals surface area contributed by atoms with Gasteiger partial charge >= 0.3 is 8.25 Å². The molecule has 0 saturated heterocycles. The molecular formula is C11H23NO4P+. The molecule has 0 aliphatic heterocycles. The molecule has 5 nitrogen and oxygen atoms in total. The molecule has 0 spiro atoms. The van der Waals surface area contributed by atoms with Gasteiger partial charge in [0, 0.05) is 6.42 Å². The lowest BCUT2D eigenvalue weighted by molar-refractivity contribution is -0.870. The number of likely N-dealkylation sites (N-methyl/N-ethyl adjacent to an activating group) is 1. The first kappa shape index (κ1) is 16.5. The second-order valence-corrected chi connectivity index (χ2v) is 5.99. The molecule has 17 heavy (non-hydrogen) atoms. The first-order valence-electron chi connectivity index (χ1n) is 5.51. The summed E-state index contributed by atoms with van der Waals surface area (Å²) in [6.45, 7) is 6.42. The van der Waals surface area contributed by atoms with Gasteiger partial charge in [-0.2, -0.15) is 0 Å². The molecule has 0 aromatic carbocycles. The third-order valence-electron chi connectivity index (χ3n) is 2.01. The maximum absolute atomic E-state index is 11.3. The van der Waals surface area contributed by atoms with Gasteiger partial charge in [0.25, 0.3) is 0 Å². The van der Waals surface area contributed by atoms with Crippen LogP contribution < -0.4 is 0 Å². The summed E-state index contributed by atoms with van der Waals surface area (Å²) in [5.74, 6) is -0.0776. The van der Waals surface area contributed by atoms with Crippen molar-refractivity contribution in [2.24, 2.45) is 0 Å². The molecule has 0 radical (unpaired) electrons. The van der Waals surface area contributed by atoms with Gasteiger partial charge in [-0.15, -0.1) is 0 Å². The Labute approximate surface area is 104 Å². The molecular weight excluding hydrogens is 241 g/mol. The van der Waals surface area contributed by atoms with Gasteiger partial charge < -0.3 is 13.5 Å². The second kappa shape index (κ2) is 7.77. The van der Waals surface area contributed by atoms with E-state index in [-0.39, 0.29) is 18.8 Å². The Balaban J connectivity index is 3.61. The number of Topliss-reactive ketones (excluding diaryl/α,β-unsaturated/α-hetero) is 1. The summed E-state index contributed by atoms with van der Waals surface area (Å²) in [4.78, 5) is 11.2. The Hall–Kier alpha value is -0.480. The quantitative estimate of drug-likeness (QED) is 0.361. The molecule has 0 amide bonds. The molecule has 0 aromatic heterocycles. The number of allylic oxidation sites excluding steroid dienone is 1. The van der Waals surface area contributed by atoms with Crippen molar-refractivity contribution in [1.82, 2.24) is 0 Å². The average molecular weight is 264 g/mol. The van der Waals surface area contributed by atoms with Crippen LogP contribution in [-0.4, -0.2) is 51.2 Å². The van der Waals surface area contributed by atoms with Crippen molar-refractivity contribution >= 4 is 14.0 Å². The van der Waals surface area contributed by atoms with E-state index in [1.165, 1.54) is 0 Å². The third kappa shape index (κ3) is 10.4.